The maximum atomic E-state index is 11.7. The van der Waals surface area contributed by atoms with E-state index in [9.17, 15) is 4.21 Å². The van der Waals surface area contributed by atoms with Crippen LogP contribution in [0.1, 0.15) is 52.0 Å². The lowest BCUT2D eigenvalue weighted by molar-refractivity contribution is 0.0239. The summed E-state index contributed by atoms with van der Waals surface area (Å²) in [5.74, 6) is 3.08. The molecule has 29 heavy (non-hydrogen) atoms. The van der Waals surface area contributed by atoms with E-state index >= 15 is 0 Å². The number of ether oxygens (including phenoxy) is 1. The summed E-state index contributed by atoms with van der Waals surface area (Å²) in [5, 5.41) is 1.93. The molecule has 3 rings (SSSR count). The molecule has 0 bridgehead atoms. The van der Waals surface area contributed by atoms with Gasteiger partial charge in [0.1, 0.15) is 24.6 Å². The number of benzene rings is 1. The van der Waals surface area contributed by atoms with Crippen molar-refractivity contribution in [1.29, 1.82) is 0 Å². The van der Waals surface area contributed by atoms with Crippen LogP contribution in [0, 0.1) is 12.3 Å². The standard InChI is InChI=1S/C19H26O4S.C3H3NS/c1-5-14-21-24(20)23-18-9-7-6-8-17(18)22-16-12-10-15(11-13-16)19(2,3)4;1-2-5-3-4-1/h1,10-13,17-18H,6-9,14H2,2-4H3;1-3H. The van der Waals surface area contributed by atoms with Gasteiger partial charge in [-0.3, -0.25) is 13.4 Å². The molecular formula is C22H29NO4S2. The third kappa shape index (κ3) is 8.67. The van der Waals surface area contributed by atoms with Crippen molar-refractivity contribution in [3.63, 3.8) is 0 Å². The molecule has 0 radical (unpaired) electrons. The first-order valence-corrected chi connectivity index (χ1v) is 11.6. The first-order valence-electron chi connectivity index (χ1n) is 9.65. The van der Waals surface area contributed by atoms with Crippen LogP contribution in [0.15, 0.2) is 41.4 Å². The minimum Gasteiger partial charge on any atom is -0.488 e. The van der Waals surface area contributed by atoms with E-state index in [0.29, 0.717) is 0 Å². The fourth-order valence-corrected chi connectivity index (χ4v) is 3.90. The second kappa shape index (κ2) is 12.1. The largest absolute Gasteiger partial charge is 0.488 e. The molecular weight excluding hydrogens is 406 g/mol. The maximum Gasteiger partial charge on any atom is 0.305 e. The Balaban J connectivity index is 0.000000521. The first kappa shape index (κ1) is 23.6. The fourth-order valence-electron chi connectivity index (χ4n) is 2.90. The van der Waals surface area contributed by atoms with E-state index in [4.69, 9.17) is 19.5 Å². The van der Waals surface area contributed by atoms with E-state index in [1.165, 1.54) is 5.56 Å². The Hall–Kier alpha value is -1.72. The van der Waals surface area contributed by atoms with Crippen molar-refractivity contribution in [2.75, 3.05) is 6.61 Å². The highest BCUT2D eigenvalue weighted by Gasteiger charge is 2.30. The zero-order chi connectivity index (χ0) is 21.1. The average Bonchev–Trinajstić information content (AvgIpc) is 3.28. The summed E-state index contributed by atoms with van der Waals surface area (Å²) in [6, 6.07) is 8.14. The van der Waals surface area contributed by atoms with Crippen molar-refractivity contribution in [2.24, 2.45) is 0 Å². The van der Waals surface area contributed by atoms with Crippen LogP contribution in [-0.4, -0.2) is 28.0 Å². The van der Waals surface area contributed by atoms with Gasteiger partial charge in [0.05, 0.1) is 5.51 Å². The van der Waals surface area contributed by atoms with Crippen molar-refractivity contribution >= 4 is 22.7 Å². The van der Waals surface area contributed by atoms with Gasteiger partial charge >= 0.3 is 11.4 Å². The maximum absolute atomic E-state index is 11.7. The van der Waals surface area contributed by atoms with Crippen LogP contribution in [0.2, 0.25) is 0 Å². The molecule has 158 valence electrons. The molecule has 1 aromatic heterocycles. The molecule has 0 spiro atoms. The van der Waals surface area contributed by atoms with Crippen LogP contribution in [0.4, 0.5) is 0 Å². The zero-order valence-electron chi connectivity index (χ0n) is 17.2. The monoisotopic (exact) mass is 435 g/mol. The number of nitrogens with zero attached hydrogens (tertiary/aromatic N) is 1. The fraction of sp³-hybridized carbons (Fsp3) is 0.500. The van der Waals surface area contributed by atoms with Crippen molar-refractivity contribution in [3.8, 4) is 18.1 Å². The van der Waals surface area contributed by atoms with Crippen LogP contribution in [0.25, 0.3) is 0 Å². The Bertz CT molecular complexity index is 746. The third-order valence-corrected chi connectivity index (χ3v) is 5.67. The molecule has 1 heterocycles. The summed E-state index contributed by atoms with van der Waals surface area (Å²) >= 11 is -0.232. The van der Waals surface area contributed by atoms with Crippen molar-refractivity contribution in [3.05, 3.63) is 46.9 Å². The highest BCUT2D eigenvalue weighted by molar-refractivity contribution is 7.75. The highest BCUT2D eigenvalue weighted by Crippen LogP contribution is 2.29. The summed E-state index contributed by atoms with van der Waals surface area (Å²) in [7, 11) is 0. The van der Waals surface area contributed by atoms with Crippen LogP contribution >= 0.6 is 11.3 Å². The SMILES string of the molecule is C#CCOS(=O)OC1CCCCC1Oc1ccc(C(C)(C)C)cc1.c1cscn1. The van der Waals surface area contributed by atoms with Crippen LogP contribution in [0.5, 0.6) is 5.75 Å². The van der Waals surface area contributed by atoms with E-state index in [-0.39, 0.29) is 24.2 Å². The number of terminal acetylenes is 1. The Morgan fingerprint density at radius 1 is 1.21 bits per heavy atom. The van der Waals surface area contributed by atoms with Gasteiger partial charge in [-0.2, -0.15) is 4.21 Å². The smallest absolute Gasteiger partial charge is 0.305 e. The van der Waals surface area contributed by atoms with Gasteiger partial charge < -0.3 is 4.74 Å². The number of hydrogen-bond acceptors (Lipinski definition) is 6. The Morgan fingerprint density at radius 2 is 1.90 bits per heavy atom. The molecule has 1 aliphatic rings. The van der Waals surface area contributed by atoms with Gasteiger partial charge in [0.15, 0.2) is 0 Å². The number of aromatic nitrogens is 1. The predicted octanol–water partition coefficient (Wildman–Crippen LogP) is 5.06. The number of rotatable bonds is 6. The molecule has 3 atom stereocenters. The summed E-state index contributed by atoms with van der Waals surface area (Å²) in [4.78, 5) is 3.74. The van der Waals surface area contributed by atoms with Crippen LogP contribution in [-0.2, 0) is 25.1 Å². The highest BCUT2D eigenvalue weighted by atomic mass is 32.2. The minimum atomic E-state index is -1.83. The Morgan fingerprint density at radius 3 is 2.41 bits per heavy atom. The lowest BCUT2D eigenvalue weighted by atomic mass is 9.87. The van der Waals surface area contributed by atoms with Crippen molar-refractivity contribution in [1.82, 2.24) is 4.98 Å². The molecule has 0 saturated heterocycles. The lowest BCUT2D eigenvalue weighted by Gasteiger charge is -2.30. The second-order valence-electron chi connectivity index (χ2n) is 7.70. The number of hydrogen-bond donors (Lipinski definition) is 0. The third-order valence-electron chi connectivity index (χ3n) is 4.44. The molecule has 1 aliphatic carbocycles. The van der Waals surface area contributed by atoms with Gasteiger partial charge in [0.2, 0.25) is 0 Å². The van der Waals surface area contributed by atoms with Crippen LogP contribution in [0.3, 0.4) is 0 Å². The molecule has 1 saturated carbocycles. The van der Waals surface area contributed by atoms with Gasteiger partial charge in [0.25, 0.3) is 0 Å². The van der Waals surface area contributed by atoms with Gasteiger partial charge in [-0.15, -0.1) is 17.8 Å². The second-order valence-corrected chi connectivity index (χ2v) is 9.29. The molecule has 0 N–H and O–H groups in total. The molecule has 1 fully saturated rings. The van der Waals surface area contributed by atoms with Crippen LogP contribution < -0.4 is 4.74 Å². The Kier molecular flexibility index (Phi) is 9.82. The van der Waals surface area contributed by atoms with Gasteiger partial charge in [-0.1, -0.05) is 45.2 Å². The van der Waals surface area contributed by atoms with Crippen molar-refractivity contribution in [2.45, 2.75) is 64.1 Å². The van der Waals surface area contributed by atoms with E-state index < -0.39 is 11.4 Å². The predicted molar refractivity (Wildman–Crippen MR) is 118 cm³/mol. The minimum absolute atomic E-state index is 0.0287. The lowest BCUT2D eigenvalue weighted by Crippen LogP contribution is -2.37. The van der Waals surface area contributed by atoms with Crippen molar-refractivity contribution < 1.29 is 17.3 Å². The normalized spacial score (nSPS) is 20.1. The summed E-state index contributed by atoms with van der Waals surface area (Å²) in [5.41, 5.74) is 3.16. The Labute approximate surface area is 180 Å². The first-order chi connectivity index (χ1) is 13.9. The van der Waals surface area contributed by atoms with E-state index in [2.05, 4.69) is 43.8 Å². The van der Waals surface area contributed by atoms with E-state index in [1.54, 1.807) is 23.0 Å². The molecule has 0 amide bonds. The summed E-state index contributed by atoms with van der Waals surface area (Å²) < 4.78 is 28.2. The van der Waals surface area contributed by atoms with E-state index in [0.717, 1.165) is 31.4 Å². The quantitative estimate of drug-likeness (QED) is 0.594. The molecule has 3 unspecified atom stereocenters. The summed E-state index contributed by atoms with van der Waals surface area (Å²) in [6.45, 7) is 6.51. The molecule has 2 aromatic rings. The van der Waals surface area contributed by atoms with Gasteiger partial charge in [-0.25, -0.2) is 0 Å². The van der Waals surface area contributed by atoms with Gasteiger partial charge in [-0.05, 0) is 42.4 Å². The molecule has 5 nitrogen and oxygen atoms in total. The molecule has 7 heteroatoms. The van der Waals surface area contributed by atoms with Gasteiger partial charge in [0, 0.05) is 11.6 Å². The topological polar surface area (TPSA) is 57.7 Å². The average molecular weight is 436 g/mol. The zero-order valence-corrected chi connectivity index (χ0v) is 18.8. The molecule has 0 aliphatic heterocycles. The van der Waals surface area contributed by atoms with E-state index in [1.807, 2.05) is 17.5 Å². The molecule has 1 aromatic carbocycles. The summed E-state index contributed by atoms with van der Waals surface area (Å²) in [6.07, 6.45) is 10.3. The number of thiazole rings is 1.